The highest BCUT2D eigenvalue weighted by atomic mass is 16.6. The van der Waals surface area contributed by atoms with Gasteiger partial charge in [-0.1, -0.05) is 29.8 Å². The minimum atomic E-state index is -0.431. The molecule has 0 radical (unpaired) electrons. The summed E-state index contributed by atoms with van der Waals surface area (Å²) in [5.41, 5.74) is 2.28. The van der Waals surface area contributed by atoms with E-state index < -0.39 is 5.60 Å². The van der Waals surface area contributed by atoms with Gasteiger partial charge in [-0.2, -0.15) is 0 Å². The second-order valence-corrected chi connectivity index (χ2v) is 7.95. The van der Waals surface area contributed by atoms with E-state index in [9.17, 15) is 4.79 Å². The number of piperidine rings is 1. The van der Waals surface area contributed by atoms with Crippen molar-refractivity contribution < 1.29 is 9.53 Å². The van der Waals surface area contributed by atoms with Gasteiger partial charge in [0.25, 0.3) is 0 Å². The van der Waals surface area contributed by atoms with Crippen molar-refractivity contribution in [1.82, 2.24) is 10.2 Å². The smallest absolute Gasteiger partial charge is 0.407 e. The van der Waals surface area contributed by atoms with E-state index in [0.29, 0.717) is 12.5 Å². The number of ether oxygens (including phenoxy) is 1. The highest BCUT2D eigenvalue weighted by Crippen LogP contribution is 2.21. The molecule has 0 bridgehead atoms. The number of aryl methyl sites for hydroxylation is 1. The highest BCUT2D eigenvalue weighted by Gasteiger charge is 2.21. The largest absolute Gasteiger partial charge is 0.444 e. The predicted molar refractivity (Wildman–Crippen MR) is 98.0 cm³/mol. The molecule has 4 nitrogen and oxygen atoms in total. The number of hydrogen-bond donors (Lipinski definition) is 1. The molecule has 1 aliphatic heterocycles. The molecule has 1 saturated heterocycles. The Morgan fingerprint density at radius 3 is 2.88 bits per heavy atom. The topological polar surface area (TPSA) is 41.6 Å². The average Bonchev–Trinajstić information content (AvgIpc) is 2.45. The molecule has 1 heterocycles. The van der Waals surface area contributed by atoms with Gasteiger partial charge in [0.15, 0.2) is 0 Å². The first-order chi connectivity index (χ1) is 11.3. The molecule has 0 spiro atoms. The molecule has 1 aromatic rings. The zero-order valence-corrected chi connectivity index (χ0v) is 15.6. The van der Waals surface area contributed by atoms with Crippen LogP contribution in [-0.2, 0) is 11.3 Å². The van der Waals surface area contributed by atoms with E-state index in [-0.39, 0.29) is 6.09 Å². The van der Waals surface area contributed by atoms with Gasteiger partial charge >= 0.3 is 6.09 Å². The molecule has 1 aliphatic rings. The van der Waals surface area contributed by atoms with E-state index in [1.165, 1.54) is 30.5 Å². The number of carbonyl (C=O) groups is 1. The number of hydrogen-bond acceptors (Lipinski definition) is 3. The van der Waals surface area contributed by atoms with Crippen LogP contribution in [0.5, 0.6) is 0 Å². The van der Waals surface area contributed by atoms with Gasteiger partial charge in [0.1, 0.15) is 5.60 Å². The SMILES string of the molecule is Cc1cccc(CN2CCCC(CCNC(=O)OC(C)(C)C)C2)c1. The lowest BCUT2D eigenvalue weighted by Gasteiger charge is -2.33. The maximum atomic E-state index is 11.7. The van der Waals surface area contributed by atoms with Gasteiger partial charge < -0.3 is 10.1 Å². The lowest BCUT2D eigenvalue weighted by atomic mass is 9.94. The molecule has 0 aliphatic carbocycles. The van der Waals surface area contributed by atoms with Gasteiger partial charge in [-0.3, -0.25) is 4.90 Å². The van der Waals surface area contributed by atoms with E-state index in [2.05, 4.69) is 41.4 Å². The molecule has 1 amide bonds. The Bertz CT molecular complexity index is 537. The summed E-state index contributed by atoms with van der Waals surface area (Å²) < 4.78 is 5.28. The summed E-state index contributed by atoms with van der Waals surface area (Å²) in [5, 5.41) is 2.88. The fraction of sp³-hybridized carbons (Fsp3) is 0.650. The maximum absolute atomic E-state index is 11.7. The first-order valence-corrected chi connectivity index (χ1v) is 9.06. The van der Waals surface area contributed by atoms with Gasteiger partial charge in [0, 0.05) is 19.6 Å². The molecule has 0 aromatic heterocycles. The summed E-state index contributed by atoms with van der Waals surface area (Å²) in [6, 6.07) is 8.76. The maximum Gasteiger partial charge on any atom is 0.407 e. The van der Waals surface area contributed by atoms with E-state index in [4.69, 9.17) is 4.74 Å². The number of likely N-dealkylation sites (tertiary alicyclic amines) is 1. The molecule has 4 heteroatoms. The van der Waals surface area contributed by atoms with Crippen molar-refractivity contribution in [1.29, 1.82) is 0 Å². The molecule has 24 heavy (non-hydrogen) atoms. The number of rotatable bonds is 5. The van der Waals surface area contributed by atoms with Crippen LogP contribution < -0.4 is 5.32 Å². The third-order valence-electron chi connectivity index (χ3n) is 4.31. The molecule has 2 rings (SSSR count). The van der Waals surface area contributed by atoms with Crippen molar-refractivity contribution in [2.24, 2.45) is 5.92 Å². The van der Waals surface area contributed by atoms with Gasteiger partial charge in [0.05, 0.1) is 0 Å². The number of amides is 1. The molecule has 1 N–H and O–H groups in total. The zero-order valence-electron chi connectivity index (χ0n) is 15.6. The van der Waals surface area contributed by atoms with Crippen LogP contribution in [-0.4, -0.2) is 36.2 Å². The number of alkyl carbamates (subject to hydrolysis) is 1. The van der Waals surface area contributed by atoms with Gasteiger partial charge in [0.2, 0.25) is 0 Å². The lowest BCUT2D eigenvalue weighted by Crippen LogP contribution is -2.37. The Morgan fingerprint density at radius 1 is 1.38 bits per heavy atom. The fourth-order valence-corrected chi connectivity index (χ4v) is 3.29. The van der Waals surface area contributed by atoms with Crippen molar-refractivity contribution >= 4 is 6.09 Å². The lowest BCUT2D eigenvalue weighted by molar-refractivity contribution is 0.0521. The summed E-state index contributed by atoms with van der Waals surface area (Å²) in [6.45, 7) is 11.8. The Kier molecular flexibility index (Phi) is 6.67. The summed E-state index contributed by atoms with van der Waals surface area (Å²) >= 11 is 0. The van der Waals surface area contributed by atoms with Crippen molar-refractivity contribution in [3.05, 3.63) is 35.4 Å². The summed E-state index contributed by atoms with van der Waals surface area (Å²) in [4.78, 5) is 14.2. The molecule has 1 aromatic carbocycles. The number of nitrogens with zero attached hydrogens (tertiary/aromatic N) is 1. The van der Waals surface area contributed by atoms with Crippen LogP contribution in [0.4, 0.5) is 4.79 Å². The monoisotopic (exact) mass is 332 g/mol. The second-order valence-electron chi connectivity index (χ2n) is 7.95. The van der Waals surface area contributed by atoms with E-state index >= 15 is 0 Å². The molecule has 134 valence electrons. The molecule has 1 unspecified atom stereocenters. The second kappa shape index (κ2) is 8.52. The zero-order chi connectivity index (χ0) is 17.6. The average molecular weight is 332 g/mol. The van der Waals surface area contributed by atoms with Gasteiger partial charge in [-0.15, -0.1) is 0 Å². The first-order valence-electron chi connectivity index (χ1n) is 9.06. The van der Waals surface area contributed by atoms with Crippen LogP contribution in [0.2, 0.25) is 0 Å². The highest BCUT2D eigenvalue weighted by molar-refractivity contribution is 5.67. The summed E-state index contributed by atoms with van der Waals surface area (Å²) in [5.74, 6) is 0.651. The van der Waals surface area contributed by atoms with Crippen molar-refractivity contribution in [2.45, 2.75) is 59.1 Å². The van der Waals surface area contributed by atoms with Crippen molar-refractivity contribution in [3.63, 3.8) is 0 Å². The van der Waals surface area contributed by atoms with Crippen LogP contribution >= 0.6 is 0 Å². The quantitative estimate of drug-likeness (QED) is 0.882. The molecule has 1 atom stereocenters. The minimum absolute atomic E-state index is 0.310. The van der Waals surface area contributed by atoms with Crippen LogP contribution in [0.1, 0.15) is 51.2 Å². The number of carbonyl (C=O) groups excluding carboxylic acids is 1. The fourth-order valence-electron chi connectivity index (χ4n) is 3.29. The van der Waals surface area contributed by atoms with E-state index in [1.54, 1.807) is 0 Å². The Balaban J connectivity index is 1.72. The van der Waals surface area contributed by atoms with Crippen LogP contribution in [0, 0.1) is 12.8 Å². The molecule has 0 saturated carbocycles. The van der Waals surface area contributed by atoms with Crippen molar-refractivity contribution in [3.8, 4) is 0 Å². The Labute approximate surface area is 146 Å². The van der Waals surface area contributed by atoms with Gasteiger partial charge in [-0.25, -0.2) is 4.79 Å². The molecule has 1 fully saturated rings. The predicted octanol–water partition coefficient (Wildman–Crippen LogP) is 4.12. The molecular formula is C20H32N2O2. The Hall–Kier alpha value is -1.55. The van der Waals surface area contributed by atoms with Gasteiger partial charge in [-0.05, 0) is 65.0 Å². The standard InChI is InChI=1S/C20H32N2O2/c1-16-7-5-8-18(13-16)15-22-12-6-9-17(14-22)10-11-21-19(23)24-20(2,3)4/h5,7-8,13,17H,6,9-12,14-15H2,1-4H3,(H,21,23). The van der Waals surface area contributed by atoms with Crippen molar-refractivity contribution in [2.75, 3.05) is 19.6 Å². The number of benzene rings is 1. The first kappa shape index (κ1) is 18.8. The van der Waals surface area contributed by atoms with E-state index in [0.717, 1.165) is 19.5 Å². The van der Waals surface area contributed by atoms with Crippen LogP contribution in [0.15, 0.2) is 24.3 Å². The minimum Gasteiger partial charge on any atom is -0.444 e. The van der Waals surface area contributed by atoms with Crippen LogP contribution in [0.25, 0.3) is 0 Å². The summed E-state index contributed by atoms with van der Waals surface area (Å²) in [7, 11) is 0. The summed E-state index contributed by atoms with van der Waals surface area (Å²) in [6.07, 6.45) is 3.20. The third kappa shape index (κ3) is 6.91. The number of nitrogens with one attached hydrogen (secondary N) is 1. The van der Waals surface area contributed by atoms with E-state index in [1.807, 2.05) is 20.8 Å². The Morgan fingerprint density at radius 2 is 2.17 bits per heavy atom. The molecular weight excluding hydrogens is 300 g/mol. The third-order valence-corrected chi connectivity index (χ3v) is 4.31. The normalized spacial score (nSPS) is 19.1. The van der Waals surface area contributed by atoms with Crippen LogP contribution in [0.3, 0.4) is 0 Å².